The average molecular weight is 329 g/mol. The second kappa shape index (κ2) is 6.22. The fraction of sp³-hybridized carbons (Fsp3) is 0.625. The van der Waals surface area contributed by atoms with Crippen LogP contribution >= 0.6 is 0 Å². The Morgan fingerprint density at radius 3 is 2.65 bits per heavy atom. The summed E-state index contributed by atoms with van der Waals surface area (Å²) < 4.78 is 40.7. The zero-order chi connectivity index (χ0) is 16.6. The van der Waals surface area contributed by atoms with Gasteiger partial charge in [-0.1, -0.05) is 0 Å². The largest absolute Gasteiger partial charge is 0.485 e. The number of aliphatic hydroxyl groups is 1. The quantitative estimate of drug-likeness (QED) is 0.921. The van der Waals surface area contributed by atoms with E-state index < -0.39 is 18.3 Å². The molecule has 2 atom stereocenters. The van der Waals surface area contributed by atoms with Crippen LogP contribution in [0.2, 0.25) is 0 Å². The number of benzene rings is 1. The first-order valence-electron chi connectivity index (χ1n) is 7.66. The highest BCUT2D eigenvalue weighted by Gasteiger charge is 2.45. The summed E-state index contributed by atoms with van der Waals surface area (Å²) in [7, 11) is 0. The Kier molecular flexibility index (Phi) is 4.44. The van der Waals surface area contributed by atoms with Gasteiger partial charge in [-0.05, 0) is 32.0 Å². The number of hydrogen-bond donors (Lipinski definition) is 1. The van der Waals surface area contributed by atoms with Crippen molar-refractivity contribution in [1.82, 2.24) is 4.90 Å². The van der Waals surface area contributed by atoms with Gasteiger partial charge in [0.2, 0.25) is 0 Å². The minimum absolute atomic E-state index is 0.0625. The van der Waals surface area contributed by atoms with E-state index in [4.69, 9.17) is 9.47 Å². The van der Waals surface area contributed by atoms with Crippen LogP contribution in [-0.2, 0) is 4.74 Å². The van der Waals surface area contributed by atoms with Crippen LogP contribution in [-0.4, -0.2) is 54.6 Å². The zero-order valence-corrected chi connectivity index (χ0v) is 13.2. The third-order valence-corrected chi connectivity index (χ3v) is 4.35. The minimum atomic E-state index is -2.89. The van der Waals surface area contributed by atoms with E-state index in [0.717, 1.165) is 0 Å². The third-order valence-electron chi connectivity index (χ3n) is 4.35. The molecular formula is C16H21F2NO4. The van der Waals surface area contributed by atoms with Crippen molar-refractivity contribution in [3.8, 4) is 11.5 Å². The van der Waals surface area contributed by atoms with Crippen molar-refractivity contribution in [3.63, 3.8) is 0 Å². The van der Waals surface area contributed by atoms with Gasteiger partial charge in [0.15, 0.2) is 0 Å². The highest BCUT2D eigenvalue weighted by atomic mass is 19.3. The Balaban J connectivity index is 1.99. The minimum Gasteiger partial charge on any atom is -0.485 e. The molecule has 2 aliphatic rings. The van der Waals surface area contributed by atoms with Crippen LogP contribution in [0.5, 0.6) is 11.5 Å². The fourth-order valence-corrected chi connectivity index (χ4v) is 3.17. The van der Waals surface area contributed by atoms with Gasteiger partial charge in [0.25, 0.3) is 0 Å². The first-order chi connectivity index (χ1) is 10.9. The molecule has 0 bridgehead atoms. The van der Waals surface area contributed by atoms with Crippen LogP contribution in [0.3, 0.4) is 0 Å². The molecule has 5 nitrogen and oxygen atoms in total. The lowest BCUT2D eigenvalue weighted by molar-refractivity contribution is -0.109. The number of nitrogens with zero attached hydrogens (tertiary/aromatic N) is 1. The van der Waals surface area contributed by atoms with Crippen LogP contribution < -0.4 is 9.47 Å². The van der Waals surface area contributed by atoms with Crippen LogP contribution in [0.1, 0.15) is 25.5 Å². The zero-order valence-electron chi connectivity index (χ0n) is 13.2. The topological polar surface area (TPSA) is 51.2 Å². The van der Waals surface area contributed by atoms with Gasteiger partial charge in [0.1, 0.15) is 23.2 Å². The molecule has 7 heteroatoms. The summed E-state index contributed by atoms with van der Waals surface area (Å²) >= 11 is 0. The number of morpholine rings is 1. The van der Waals surface area contributed by atoms with E-state index in [2.05, 4.69) is 9.64 Å². The summed E-state index contributed by atoms with van der Waals surface area (Å²) in [6.45, 7) is 3.23. The molecule has 1 aromatic rings. The number of rotatable bonds is 3. The van der Waals surface area contributed by atoms with Crippen molar-refractivity contribution in [1.29, 1.82) is 0 Å². The number of alkyl halides is 2. The molecule has 3 rings (SSSR count). The SMILES string of the molecule is CC1(C)Oc2ccc(OC(F)F)cc2C(N2CCOCC2)C1O. The van der Waals surface area contributed by atoms with E-state index in [-0.39, 0.29) is 11.8 Å². The van der Waals surface area contributed by atoms with Crippen LogP contribution in [0.25, 0.3) is 0 Å². The predicted octanol–water partition coefficient (Wildman–Crippen LogP) is 2.19. The molecule has 1 aromatic carbocycles. The molecule has 0 amide bonds. The predicted molar refractivity (Wildman–Crippen MR) is 78.9 cm³/mol. The number of ether oxygens (including phenoxy) is 3. The van der Waals surface area contributed by atoms with Crippen LogP contribution in [0.4, 0.5) is 8.78 Å². The van der Waals surface area contributed by atoms with E-state index >= 15 is 0 Å². The summed E-state index contributed by atoms with van der Waals surface area (Å²) in [6.07, 6.45) is -0.796. The van der Waals surface area contributed by atoms with E-state index in [0.29, 0.717) is 37.6 Å². The highest BCUT2D eigenvalue weighted by Crippen LogP contribution is 2.44. The van der Waals surface area contributed by atoms with Crippen molar-refractivity contribution in [2.24, 2.45) is 0 Å². The summed E-state index contributed by atoms with van der Waals surface area (Å²) in [5, 5.41) is 10.8. The molecule has 128 valence electrons. The molecule has 2 aliphatic heterocycles. The van der Waals surface area contributed by atoms with Crippen LogP contribution in [0.15, 0.2) is 18.2 Å². The molecule has 2 unspecified atom stereocenters. The first kappa shape index (κ1) is 16.4. The van der Waals surface area contributed by atoms with Crippen LogP contribution in [0, 0.1) is 0 Å². The molecule has 0 saturated carbocycles. The summed E-state index contributed by atoms with van der Waals surface area (Å²) in [6, 6.07) is 4.25. The van der Waals surface area contributed by atoms with Crippen molar-refractivity contribution < 1.29 is 28.1 Å². The maximum absolute atomic E-state index is 12.5. The third kappa shape index (κ3) is 3.27. The Bertz CT molecular complexity index is 561. The summed E-state index contributed by atoms with van der Waals surface area (Å²) in [4.78, 5) is 2.10. The van der Waals surface area contributed by atoms with Gasteiger partial charge in [-0.25, -0.2) is 0 Å². The number of halogens is 2. The maximum atomic E-state index is 12.5. The van der Waals surface area contributed by atoms with Crippen molar-refractivity contribution in [3.05, 3.63) is 23.8 Å². The smallest absolute Gasteiger partial charge is 0.387 e. The maximum Gasteiger partial charge on any atom is 0.387 e. The van der Waals surface area contributed by atoms with Crippen molar-refractivity contribution >= 4 is 0 Å². The van der Waals surface area contributed by atoms with Crippen molar-refractivity contribution in [2.45, 2.75) is 38.2 Å². The average Bonchev–Trinajstić information content (AvgIpc) is 2.49. The van der Waals surface area contributed by atoms with Gasteiger partial charge in [-0.3, -0.25) is 4.90 Å². The summed E-state index contributed by atoms with van der Waals surface area (Å²) in [5.74, 6) is 0.644. The second-order valence-electron chi connectivity index (χ2n) is 6.32. The lowest BCUT2D eigenvalue weighted by Crippen LogP contribution is -2.55. The van der Waals surface area contributed by atoms with Gasteiger partial charge in [0.05, 0.1) is 19.3 Å². The Labute approximate surface area is 133 Å². The molecule has 2 heterocycles. The van der Waals surface area contributed by atoms with Crippen molar-refractivity contribution in [2.75, 3.05) is 26.3 Å². The Morgan fingerprint density at radius 2 is 2.00 bits per heavy atom. The molecule has 1 saturated heterocycles. The van der Waals surface area contributed by atoms with Gasteiger partial charge in [-0.2, -0.15) is 8.78 Å². The number of hydrogen-bond acceptors (Lipinski definition) is 5. The summed E-state index contributed by atoms with van der Waals surface area (Å²) in [5.41, 5.74) is -0.113. The van der Waals surface area contributed by atoms with E-state index in [1.165, 1.54) is 12.1 Å². The Hall–Kier alpha value is -1.44. The van der Waals surface area contributed by atoms with Gasteiger partial charge < -0.3 is 19.3 Å². The molecule has 0 spiro atoms. The van der Waals surface area contributed by atoms with Gasteiger partial charge >= 0.3 is 6.61 Å². The Morgan fingerprint density at radius 1 is 1.30 bits per heavy atom. The second-order valence-corrected chi connectivity index (χ2v) is 6.32. The van der Waals surface area contributed by atoms with E-state index in [1.807, 2.05) is 13.8 Å². The highest BCUT2D eigenvalue weighted by molar-refractivity contribution is 5.45. The van der Waals surface area contributed by atoms with Gasteiger partial charge in [0, 0.05) is 18.7 Å². The molecule has 23 heavy (non-hydrogen) atoms. The molecular weight excluding hydrogens is 308 g/mol. The fourth-order valence-electron chi connectivity index (χ4n) is 3.17. The lowest BCUT2D eigenvalue weighted by Gasteiger charge is -2.47. The van der Waals surface area contributed by atoms with E-state index in [9.17, 15) is 13.9 Å². The monoisotopic (exact) mass is 329 g/mol. The lowest BCUT2D eigenvalue weighted by atomic mass is 9.85. The van der Waals surface area contributed by atoms with Gasteiger partial charge in [-0.15, -0.1) is 0 Å². The first-order valence-corrected chi connectivity index (χ1v) is 7.66. The molecule has 0 radical (unpaired) electrons. The molecule has 0 aromatic heterocycles. The van der Waals surface area contributed by atoms with E-state index in [1.54, 1.807) is 6.07 Å². The molecule has 1 fully saturated rings. The normalized spacial score (nSPS) is 27.4. The standard InChI is InChI=1S/C16H21F2NO4/c1-16(2)14(20)13(19-5-7-21-8-6-19)11-9-10(22-15(17)18)3-4-12(11)23-16/h3-4,9,13-15,20H,5-8H2,1-2H3. The number of fused-ring (bicyclic) bond motifs is 1. The molecule has 1 N–H and O–H groups in total. The number of aliphatic hydroxyl groups excluding tert-OH is 1. The molecule has 0 aliphatic carbocycles.